The molecule has 1 unspecified atom stereocenters. The second kappa shape index (κ2) is 5.72. The molecule has 18 heavy (non-hydrogen) atoms. The van der Waals surface area contributed by atoms with E-state index in [2.05, 4.69) is 5.32 Å². The van der Waals surface area contributed by atoms with Crippen LogP contribution in [0.3, 0.4) is 0 Å². The van der Waals surface area contributed by atoms with Crippen molar-refractivity contribution in [3.63, 3.8) is 0 Å². The van der Waals surface area contributed by atoms with Gasteiger partial charge in [0.05, 0.1) is 0 Å². The highest BCUT2D eigenvalue weighted by Gasteiger charge is 2.26. The molecule has 0 saturated carbocycles. The van der Waals surface area contributed by atoms with Crippen molar-refractivity contribution in [2.45, 2.75) is 26.3 Å². The van der Waals surface area contributed by atoms with E-state index in [1.165, 1.54) is 0 Å². The van der Waals surface area contributed by atoms with Crippen LogP contribution in [0.2, 0.25) is 5.02 Å². The lowest BCUT2D eigenvalue weighted by molar-refractivity contribution is 0.0703. The monoisotopic (exact) mass is 266 g/mol. The van der Waals surface area contributed by atoms with Gasteiger partial charge in [-0.15, -0.1) is 0 Å². The first-order valence-corrected chi connectivity index (χ1v) is 6.79. The molecule has 1 amide bonds. The zero-order valence-electron chi connectivity index (χ0n) is 10.9. The maximum absolute atomic E-state index is 12.6. The summed E-state index contributed by atoms with van der Waals surface area (Å²) in [6, 6.07) is 5.76. The minimum atomic E-state index is 0.111. The maximum Gasteiger partial charge on any atom is 0.254 e. The predicted octanol–water partition coefficient (Wildman–Crippen LogP) is 2.47. The molecule has 0 aromatic heterocycles. The van der Waals surface area contributed by atoms with E-state index in [9.17, 15) is 4.79 Å². The first kappa shape index (κ1) is 13.4. The van der Waals surface area contributed by atoms with Crippen molar-refractivity contribution in [2.75, 3.05) is 19.6 Å². The van der Waals surface area contributed by atoms with Crippen molar-refractivity contribution in [1.82, 2.24) is 10.2 Å². The summed E-state index contributed by atoms with van der Waals surface area (Å²) in [6.45, 7) is 6.59. The number of nitrogens with one attached hydrogen (secondary N) is 1. The molecular weight excluding hydrogens is 248 g/mol. The van der Waals surface area contributed by atoms with E-state index in [4.69, 9.17) is 11.6 Å². The van der Waals surface area contributed by atoms with Gasteiger partial charge in [0.2, 0.25) is 0 Å². The third-order valence-electron chi connectivity index (χ3n) is 3.50. The first-order valence-electron chi connectivity index (χ1n) is 6.41. The zero-order chi connectivity index (χ0) is 13.1. The lowest BCUT2D eigenvalue weighted by Gasteiger charge is -2.27. The molecule has 1 aliphatic heterocycles. The number of amides is 1. The number of carbonyl (C=O) groups is 1. The molecule has 1 aliphatic rings. The van der Waals surface area contributed by atoms with Crippen molar-refractivity contribution in [2.24, 2.45) is 0 Å². The zero-order valence-corrected chi connectivity index (χ0v) is 11.6. The number of benzene rings is 1. The van der Waals surface area contributed by atoms with Crippen molar-refractivity contribution in [1.29, 1.82) is 0 Å². The van der Waals surface area contributed by atoms with Gasteiger partial charge in [0.1, 0.15) is 0 Å². The summed E-state index contributed by atoms with van der Waals surface area (Å²) in [7, 11) is 0. The molecule has 3 nitrogen and oxygen atoms in total. The largest absolute Gasteiger partial charge is 0.335 e. The lowest BCUT2D eigenvalue weighted by atomic mass is 10.1. The standard InChI is InChI=1S/C14H19ClN2O/c1-3-17(12-6-7-16-9-12)14(18)13-5-4-11(15)8-10(13)2/h4-5,8,12,16H,3,6-7,9H2,1-2H3. The summed E-state index contributed by atoms with van der Waals surface area (Å²) < 4.78 is 0. The van der Waals surface area contributed by atoms with Crippen molar-refractivity contribution in [3.05, 3.63) is 34.3 Å². The fourth-order valence-corrected chi connectivity index (χ4v) is 2.72. The van der Waals surface area contributed by atoms with E-state index >= 15 is 0 Å². The number of aryl methyl sites for hydroxylation is 1. The summed E-state index contributed by atoms with van der Waals surface area (Å²) in [5.74, 6) is 0.111. The van der Waals surface area contributed by atoms with E-state index in [0.29, 0.717) is 11.1 Å². The van der Waals surface area contributed by atoms with Crippen molar-refractivity contribution in [3.8, 4) is 0 Å². The molecule has 1 saturated heterocycles. The van der Waals surface area contributed by atoms with E-state index < -0.39 is 0 Å². The Labute approximate surface area is 113 Å². The van der Waals surface area contributed by atoms with Gasteiger partial charge in [-0.1, -0.05) is 11.6 Å². The van der Waals surface area contributed by atoms with Crippen LogP contribution in [0.1, 0.15) is 29.3 Å². The molecule has 98 valence electrons. The maximum atomic E-state index is 12.6. The van der Waals surface area contributed by atoms with Gasteiger partial charge in [0.15, 0.2) is 0 Å². The quantitative estimate of drug-likeness (QED) is 0.912. The minimum absolute atomic E-state index is 0.111. The average molecular weight is 267 g/mol. The van der Waals surface area contributed by atoms with Crippen LogP contribution < -0.4 is 5.32 Å². The average Bonchev–Trinajstić information content (AvgIpc) is 2.83. The van der Waals surface area contributed by atoms with Crippen LogP contribution in [0.15, 0.2) is 18.2 Å². The molecule has 4 heteroatoms. The molecule has 0 spiro atoms. The number of nitrogens with zero attached hydrogens (tertiary/aromatic N) is 1. The van der Waals surface area contributed by atoms with Gasteiger partial charge in [0, 0.05) is 29.7 Å². The molecule has 0 bridgehead atoms. The van der Waals surface area contributed by atoms with Crippen LogP contribution in [0.5, 0.6) is 0 Å². The van der Waals surface area contributed by atoms with Gasteiger partial charge in [-0.3, -0.25) is 4.79 Å². The Bertz CT molecular complexity index is 441. The Hall–Kier alpha value is -1.06. The number of likely N-dealkylation sites (N-methyl/N-ethyl adjacent to an activating group) is 1. The van der Waals surface area contributed by atoms with Gasteiger partial charge in [0.25, 0.3) is 5.91 Å². The highest BCUT2D eigenvalue weighted by molar-refractivity contribution is 6.30. The molecule has 1 N–H and O–H groups in total. The van der Waals surface area contributed by atoms with E-state index in [1.807, 2.05) is 30.9 Å². The molecule has 1 atom stereocenters. The third-order valence-corrected chi connectivity index (χ3v) is 3.73. The van der Waals surface area contributed by atoms with Crippen LogP contribution >= 0.6 is 11.6 Å². The smallest absolute Gasteiger partial charge is 0.254 e. The molecule has 0 aliphatic carbocycles. The van der Waals surface area contributed by atoms with Gasteiger partial charge < -0.3 is 10.2 Å². The summed E-state index contributed by atoms with van der Waals surface area (Å²) in [6.07, 6.45) is 1.03. The molecule has 2 rings (SSSR count). The first-order chi connectivity index (χ1) is 8.63. The SMILES string of the molecule is CCN(C(=O)c1ccc(Cl)cc1C)C1CCNC1. The summed E-state index contributed by atoms with van der Waals surface area (Å²) in [4.78, 5) is 14.5. The Kier molecular flexibility index (Phi) is 4.25. The number of hydrogen-bond acceptors (Lipinski definition) is 2. The number of carbonyl (C=O) groups excluding carboxylic acids is 1. The lowest BCUT2D eigenvalue weighted by Crippen LogP contribution is -2.41. The van der Waals surface area contributed by atoms with Gasteiger partial charge in [-0.05, 0) is 50.6 Å². The van der Waals surface area contributed by atoms with Crippen LogP contribution in [0.25, 0.3) is 0 Å². The van der Waals surface area contributed by atoms with Crippen LogP contribution in [0.4, 0.5) is 0 Å². The van der Waals surface area contributed by atoms with Gasteiger partial charge >= 0.3 is 0 Å². The predicted molar refractivity (Wildman–Crippen MR) is 74.2 cm³/mol. The van der Waals surface area contributed by atoms with Gasteiger partial charge in [-0.2, -0.15) is 0 Å². The van der Waals surface area contributed by atoms with Crippen LogP contribution in [-0.4, -0.2) is 36.5 Å². The molecule has 1 aromatic rings. The number of halogens is 1. The molecule has 1 aromatic carbocycles. The number of rotatable bonds is 3. The summed E-state index contributed by atoms with van der Waals surface area (Å²) in [5.41, 5.74) is 1.70. The normalized spacial score (nSPS) is 18.9. The fraction of sp³-hybridized carbons (Fsp3) is 0.500. The Morgan fingerprint density at radius 2 is 2.33 bits per heavy atom. The summed E-state index contributed by atoms with van der Waals surface area (Å²) >= 11 is 5.93. The minimum Gasteiger partial charge on any atom is -0.335 e. The third kappa shape index (κ3) is 2.68. The Balaban J connectivity index is 2.22. The second-order valence-corrected chi connectivity index (χ2v) is 5.13. The van der Waals surface area contributed by atoms with E-state index in [1.54, 1.807) is 6.07 Å². The molecule has 1 heterocycles. The van der Waals surface area contributed by atoms with Gasteiger partial charge in [-0.25, -0.2) is 0 Å². The fourth-order valence-electron chi connectivity index (χ4n) is 2.49. The van der Waals surface area contributed by atoms with Crippen molar-refractivity contribution >= 4 is 17.5 Å². The van der Waals surface area contributed by atoms with Crippen LogP contribution in [0, 0.1) is 6.92 Å². The highest BCUT2D eigenvalue weighted by Crippen LogP contribution is 2.19. The molecular formula is C14H19ClN2O. The van der Waals surface area contributed by atoms with Crippen molar-refractivity contribution < 1.29 is 4.79 Å². The molecule has 0 radical (unpaired) electrons. The number of hydrogen-bond donors (Lipinski definition) is 1. The van der Waals surface area contributed by atoms with E-state index in [-0.39, 0.29) is 5.91 Å². The Morgan fingerprint density at radius 1 is 1.56 bits per heavy atom. The van der Waals surface area contributed by atoms with E-state index in [0.717, 1.165) is 37.2 Å². The second-order valence-electron chi connectivity index (χ2n) is 4.70. The van der Waals surface area contributed by atoms with Crippen LogP contribution in [-0.2, 0) is 0 Å². The molecule has 1 fully saturated rings. The topological polar surface area (TPSA) is 32.3 Å². The Morgan fingerprint density at radius 3 is 2.89 bits per heavy atom. The summed E-state index contributed by atoms with van der Waals surface area (Å²) in [5, 5.41) is 3.98. The highest BCUT2D eigenvalue weighted by atomic mass is 35.5.